The van der Waals surface area contributed by atoms with Crippen LogP contribution in [0.1, 0.15) is 0 Å². The minimum absolute atomic E-state index is 0. The molecule has 0 rings (SSSR count). The second kappa shape index (κ2) is 7.91. The van der Waals surface area contributed by atoms with E-state index in [1.54, 1.807) is 0 Å². The maximum Gasteiger partial charge on any atom is 0.353 e. The van der Waals surface area contributed by atoms with E-state index in [2.05, 4.69) is 0 Å². The number of hydrogen-bond acceptors (Lipinski definition) is 5. The van der Waals surface area contributed by atoms with E-state index in [0.717, 1.165) is 15.4 Å². The molecule has 0 aromatic rings. The van der Waals surface area contributed by atoms with Crippen molar-refractivity contribution in [3.63, 3.8) is 0 Å². The van der Waals surface area contributed by atoms with E-state index < -0.39 is 10.2 Å². The predicted octanol–water partition coefficient (Wildman–Crippen LogP) is -4.19. The lowest BCUT2D eigenvalue weighted by Crippen LogP contribution is -2.58. The average Bonchev–Trinajstić information content (AvgIpc) is 1.36. The van der Waals surface area contributed by atoms with E-state index in [-0.39, 0.29) is 6.15 Å². The monoisotopic (exact) mass is 181 g/mol. The standard InChI is InChI=1S/Al.ClHO4.ClH.H3N.2H/c;2-1(3,4)5;;;;/h;(H,2,3,4,5);1H;1H3;;/q+1;;;;;/p-1. The van der Waals surface area contributed by atoms with Crippen LogP contribution in [0.5, 0.6) is 0 Å². The molecule has 0 bridgehead atoms. The molecule has 0 saturated heterocycles. The Hall–Kier alpha value is 0.912. The quantitative estimate of drug-likeness (QED) is 0.367. The average molecular weight is 182 g/mol. The minimum Gasteiger partial charge on any atom is -0.344 e. The Morgan fingerprint density at radius 3 is 1.25 bits per heavy atom. The fourth-order valence-corrected chi connectivity index (χ4v) is 0. The molecule has 0 aliphatic rings. The van der Waals surface area contributed by atoms with E-state index in [1.807, 2.05) is 0 Å². The van der Waals surface area contributed by atoms with Crippen LogP contribution in [-0.4, -0.2) is 20.0 Å². The van der Waals surface area contributed by atoms with Crippen molar-refractivity contribution in [3.8, 4) is 0 Å². The molecule has 0 spiro atoms. The largest absolute Gasteiger partial charge is 0.353 e. The molecular weight excluding hydrogens is 176 g/mol. The van der Waals surface area contributed by atoms with Crippen LogP contribution < -0.4 is 20.1 Å². The Labute approximate surface area is 60.8 Å². The van der Waals surface area contributed by atoms with Gasteiger partial charge in [-0.1, -0.05) is 0 Å². The molecule has 0 heterocycles. The molecule has 0 radical (unpaired) electrons. The van der Waals surface area contributed by atoms with Gasteiger partial charge in [-0.15, -0.1) is 0 Å². The van der Waals surface area contributed by atoms with Gasteiger partial charge in [-0.05, 0) is 0 Å². The summed E-state index contributed by atoms with van der Waals surface area (Å²) in [7, 11) is 0.0833. The Morgan fingerprint density at radius 2 is 1.25 bits per heavy atom. The third-order valence-electron chi connectivity index (χ3n) is 0. The van der Waals surface area contributed by atoms with Gasteiger partial charge in [0.05, 0.1) is 14.9 Å². The van der Waals surface area contributed by atoms with Crippen molar-refractivity contribution >= 4 is 25.4 Å². The first-order valence-corrected chi connectivity index (χ1v) is 5.30. The Morgan fingerprint density at radius 1 is 1.25 bits per heavy atom. The van der Waals surface area contributed by atoms with Gasteiger partial charge in [-0.3, -0.25) is 10.0 Å². The molecule has 4 N–H and O–H groups in total. The summed E-state index contributed by atoms with van der Waals surface area (Å²) in [6.07, 6.45) is 0. The van der Waals surface area contributed by atoms with Crippen molar-refractivity contribution in [3.05, 3.63) is 0 Å². The van der Waals surface area contributed by atoms with Crippen LogP contribution in [0.2, 0.25) is 0 Å². The summed E-state index contributed by atoms with van der Waals surface area (Å²) in [5, 5.41) is 0. The molecular formula is H6AlCl2NO4. The number of halogens is 2. The number of rotatable bonds is 0. The van der Waals surface area contributed by atoms with Gasteiger partial charge in [0.25, 0.3) is 0 Å². The molecule has 0 amide bonds. The summed E-state index contributed by atoms with van der Waals surface area (Å²) in [5.74, 6) is 0. The zero-order valence-corrected chi connectivity index (χ0v) is 7.65. The first kappa shape index (κ1) is 16.0. The Balaban J connectivity index is -0.0000000750. The molecule has 0 saturated carbocycles. The number of hydrogen-bond donors (Lipinski definition) is 2. The van der Waals surface area contributed by atoms with Crippen LogP contribution in [0.3, 0.4) is 0 Å². The predicted molar refractivity (Wildman–Crippen MR) is 21.6 cm³/mol. The van der Waals surface area contributed by atoms with Crippen molar-refractivity contribution in [2.24, 2.45) is 0 Å². The van der Waals surface area contributed by atoms with E-state index in [0.29, 0.717) is 0 Å². The maximum atomic E-state index is 8.60. The van der Waals surface area contributed by atoms with Crippen molar-refractivity contribution in [1.82, 2.24) is 6.15 Å². The van der Waals surface area contributed by atoms with Gasteiger partial charge in [0, 0.05) is 0 Å². The van der Waals surface area contributed by atoms with Crippen LogP contribution in [0, 0.1) is 10.2 Å². The summed E-state index contributed by atoms with van der Waals surface area (Å²) < 4.78 is 32.7. The fraction of sp³-hybridized carbons (Fsp3) is 0. The van der Waals surface area contributed by atoms with Crippen LogP contribution in [0.25, 0.3) is 0 Å². The van der Waals surface area contributed by atoms with E-state index in [9.17, 15) is 0 Å². The zero-order valence-electron chi connectivity index (χ0n) is 4.13. The lowest BCUT2D eigenvalue weighted by Gasteiger charge is -2.03. The molecule has 0 fully saturated rings. The minimum atomic E-state index is -4.69. The maximum absolute atomic E-state index is 8.60. The van der Waals surface area contributed by atoms with E-state index >= 15 is 0 Å². The highest BCUT2D eigenvalue weighted by atomic mass is 35.7. The molecule has 0 aliphatic heterocycles. The topological polar surface area (TPSA) is 124 Å². The molecule has 52 valence electrons. The summed E-state index contributed by atoms with van der Waals surface area (Å²) in [4.78, 5) is 0. The van der Waals surface area contributed by atoms with Crippen LogP contribution >= 0.6 is 10.0 Å². The SMILES string of the molecule is N.[AlH2][Cl].[O-][Cl+3]([O-])([O-])O. The highest BCUT2D eigenvalue weighted by molar-refractivity contribution is 6.80. The Kier molecular flexibility index (Phi) is 15.8. The van der Waals surface area contributed by atoms with Gasteiger partial charge in [0.1, 0.15) is 0 Å². The summed E-state index contributed by atoms with van der Waals surface area (Å²) in [5.41, 5.74) is 0. The molecule has 0 aromatic heterocycles. The lowest BCUT2D eigenvalue weighted by molar-refractivity contribution is -1.92. The smallest absolute Gasteiger partial charge is 0.344 e. The third-order valence-corrected chi connectivity index (χ3v) is 0. The normalized spacial score (nSPS) is 8.12. The highest BCUT2D eigenvalue weighted by Gasteiger charge is 1.98. The van der Waals surface area contributed by atoms with Crippen LogP contribution in [0.15, 0.2) is 0 Å². The van der Waals surface area contributed by atoms with Gasteiger partial charge in [0.2, 0.25) is 0 Å². The van der Waals surface area contributed by atoms with Gasteiger partial charge in [-0.2, -0.15) is 14.0 Å². The molecule has 8 heteroatoms. The summed E-state index contributed by atoms with van der Waals surface area (Å²) in [6.45, 7) is 0. The summed E-state index contributed by atoms with van der Waals surface area (Å²) >= 11 is 0.778. The van der Waals surface area contributed by atoms with E-state index in [4.69, 9.17) is 28.7 Å². The first-order valence-electron chi connectivity index (χ1n) is 1.01. The van der Waals surface area contributed by atoms with Gasteiger partial charge in [0.15, 0.2) is 0 Å². The first-order chi connectivity index (χ1) is 3.00. The van der Waals surface area contributed by atoms with E-state index in [1.165, 1.54) is 0 Å². The van der Waals surface area contributed by atoms with Crippen molar-refractivity contribution in [2.75, 3.05) is 0 Å². The lowest BCUT2D eigenvalue weighted by atomic mass is 14.0. The van der Waals surface area contributed by atoms with Gasteiger partial charge >= 0.3 is 15.4 Å². The van der Waals surface area contributed by atoms with Crippen LogP contribution in [-0.2, 0) is 0 Å². The second-order valence-corrected chi connectivity index (χ2v) is 1.19. The second-order valence-electron chi connectivity index (χ2n) is 0.396. The van der Waals surface area contributed by atoms with Crippen molar-refractivity contribution in [2.45, 2.75) is 0 Å². The van der Waals surface area contributed by atoms with Gasteiger partial charge in [-0.25, -0.2) is 0 Å². The van der Waals surface area contributed by atoms with Crippen molar-refractivity contribution < 1.29 is 28.9 Å². The molecule has 5 nitrogen and oxygen atoms in total. The highest BCUT2D eigenvalue weighted by Crippen LogP contribution is 1.60. The van der Waals surface area contributed by atoms with Crippen molar-refractivity contribution in [1.29, 1.82) is 0 Å². The van der Waals surface area contributed by atoms with Gasteiger partial charge < -0.3 is 6.15 Å². The molecule has 0 aromatic carbocycles. The zero-order chi connectivity index (χ0) is 6.50. The fourth-order valence-electron chi connectivity index (χ4n) is 0. The molecule has 0 unspecified atom stereocenters. The molecule has 0 aliphatic carbocycles. The van der Waals surface area contributed by atoms with Crippen LogP contribution in [0.4, 0.5) is 0 Å². The Bertz CT molecular complexity index is 29.5. The third kappa shape index (κ3) is 290. The molecule has 0 atom stereocenters. The molecule has 8 heavy (non-hydrogen) atoms. The summed E-state index contributed by atoms with van der Waals surface area (Å²) in [6, 6.07) is 0.